The highest BCUT2D eigenvalue weighted by molar-refractivity contribution is 7.40. The Hall–Kier alpha value is -0.340. The lowest BCUT2D eigenvalue weighted by Crippen LogP contribution is -2.42. The average molecular weight is 456 g/mol. The number of rotatable bonds is 20. The number of unbranched alkanes of at least 4 members (excludes halogenated alkanes) is 6. The molecular weight excluding hydrogens is 409 g/mol. The minimum atomic E-state index is -2.05. The van der Waals surface area contributed by atoms with Gasteiger partial charge in [0, 0.05) is 6.61 Å². The standard InChI is InChI=1S/C21H44NO6P.H2O/c1-6-7-8-11-14-19(2)26-15-12-9-10-13-16-27-29(25)28-20(17-21(23)24)18-22(3,4)5;/h19-20,25H,6-18H2,1-5H3;1H2. The smallest absolute Gasteiger partial charge is 0.330 e. The van der Waals surface area contributed by atoms with Crippen molar-refractivity contribution >= 4 is 14.6 Å². The van der Waals surface area contributed by atoms with Gasteiger partial charge in [0.05, 0.1) is 40.3 Å². The molecule has 9 heteroatoms. The Labute approximate surface area is 184 Å². The third kappa shape index (κ3) is 22.3. The highest BCUT2D eigenvalue weighted by Crippen LogP contribution is 2.36. The zero-order valence-corrected chi connectivity index (χ0v) is 20.6. The van der Waals surface area contributed by atoms with Gasteiger partial charge < -0.3 is 33.7 Å². The van der Waals surface area contributed by atoms with Gasteiger partial charge in [0.15, 0.2) is 0 Å². The van der Waals surface area contributed by atoms with E-state index in [4.69, 9.17) is 18.9 Å². The summed E-state index contributed by atoms with van der Waals surface area (Å²) in [6.07, 6.45) is 9.86. The van der Waals surface area contributed by atoms with Gasteiger partial charge in [0.2, 0.25) is 0 Å². The monoisotopic (exact) mass is 455 g/mol. The molecule has 0 aliphatic heterocycles. The lowest BCUT2D eigenvalue weighted by Gasteiger charge is -2.29. The third-order valence-corrected chi connectivity index (χ3v) is 5.38. The fourth-order valence-electron chi connectivity index (χ4n) is 3.03. The molecule has 0 saturated heterocycles. The minimum Gasteiger partial charge on any atom is -0.870 e. The molecule has 0 aromatic carbocycles. The number of carboxylic acid groups (broad SMARTS) is 1. The van der Waals surface area contributed by atoms with Gasteiger partial charge in [-0.2, -0.15) is 0 Å². The van der Waals surface area contributed by atoms with Crippen LogP contribution in [0.15, 0.2) is 0 Å². The number of ether oxygens (including phenoxy) is 1. The lowest BCUT2D eigenvalue weighted by molar-refractivity contribution is -0.873. The predicted molar refractivity (Wildman–Crippen MR) is 120 cm³/mol. The van der Waals surface area contributed by atoms with E-state index in [2.05, 4.69) is 13.8 Å². The molecule has 0 radical (unpaired) electrons. The normalized spacial score (nSPS) is 14.7. The van der Waals surface area contributed by atoms with Crippen LogP contribution in [0.3, 0.4) is 0 Å². The average Bonchev–Trinajstić information content (AvgIpc) is 2.58. The number of quaternary nitrogens is 1. The van der Waals surface area contributed by atoms with E-state index in [-0.39, 0.29) is 11.9 Å². The number of hydrogen-bond acceptors (Lipinski definition) is 6. The SMILES string of the molecule is CCCCCCC(C)OCCCCCCOP(O)OC(CC(=O)O)C[N+](C)(C)C.[OH-]. The molecule has 0 bridgehead atoms. The van der Waals surface area contributed by atoms with Gasteiger partial charge in [-0.05, 0) is 26.2 Å². The number of carboxylic acids is 1. The first-order chi connectivity index (χ1) is 13.6. The Bertz CT molecular complexity index is 407. The summed E-state index contributed by atoms with van der Waals surface area (Å²) in [6.45, 7) is 6.09. The van der Waals surface area contributed by atoms with E-state index >= 15 is 0 Å². The van der Waals surface area contributed by atoms with Crippen molar-refractivity contribution < 1.29 is 38.5 Å². The van der Waals surface area contributed by atoms with E-state index in [0.717, 1.165) is 38.7 Å². The van der Waals surface area contributed by atoms with Crippen molar-refractivity contribution in [2.24, 2.45) is 0 Å². The maximum absolute atomic E-state index is 11.0. The summed E-state index contributed by atoms with van der Waals surface area (Å²) >= 11 is 0. The van der Waals surface area contributed by atoms with Crippen molar-refractivity contribution in [1.29, 1.82) is 0 Å². The third-order valence-electron chi connectivity index (χ3n) is 4.50. The van der Waals surface area contributed by atoms with Crippen LogP contribution >= 0.6 is 8.60 Å². The summed E-state index contributed by atoms with van der Waals surface area (Å²) in [4.78, 5) is 20.9. The van der Waals surface area contributed by atoms with E-state index in [0.29, 0.717) is 23.7 Å². The molecule has 0 fully saturated rings. The Kier molecular flexibility index (Phi) is 20.5. The van der Waals surface area contributed by atoms with Crippen molar-refractivity contribution in [2.75, 3.05) is 40.9 Å². The topological polar surface area (TPSA) is 115 Å². The van der Waals surface area contributed by atoms with Gasteiger partial charge in [-0.15, -0.1) is 0 Å². The van der Waals surface area contributed by atoms with Gasteiger partial charge in [-0.25, -0.2) is 0 Å². The van der Waals surface area contributed by atoms with Crippen LogP contribution in [-0.2, 0) is 18.6 Å². The molecule has 0 aliphatic carbocycles. The van der Waals surface area contributed by atoms with Crippen LogP contribution in [0, 0.1) is 0 Å². The first kappa shape index (κ1) is 31.8. The summed E-state index contributed by atoms with van der Waals surface area (Å²) in [5.41, 5.74) is 0. The first-order valence-corrected chi connectivity index (χ1v) is 12.2. The van der Waals surface area contributed by atoms with Crippen molar-refractivity contribution in [3.8, 4) is 0 Å². The molecule has 182 valence electrons. The highest BCUT2D eigenvalue weighted by atomic mass is 31.2. The first-order valence-electron chi connectivity index (χ1n) is 11.1. The molecule has 0 saturated carbocycles. The second kappa shape index (κ2) is 19.4. The Morgan fingerprint density at radius 2 is 1.60 bits per heavy atom. The van der Waals surface area contributed by atoms with Crippen LogP contribution in [-0.4, -0.2) is 79.0 Å². The molecule has 30 heavy (non-hydrogen) atoms. The lowest BCUT2D eigenvalue weighted by atomic mass is 10.1. The summed E-state index contributed by atoms with van der Waals surface area (Å²) in [6, 6.07) is 0. The minimum absolute atomic E-state index is 0. The second-order valence-electron chi connectivity index (χ2n) is 8.81. The van der Waals surface area contributed by atoms with Crippen molar-refractivity contribution in [2.45, 2.75) is 90.3 Å². The number of carbonyl (C=O) groups is 1. The predicted octanol–water partition coefficient (Wildman–Crippen LogP) is 4.55. The number of aliphatic carboxylic acids is 1. The molecule has 3 atom stereocenters. The molecule has 3 N–H and O–H groups in total. The van der Waals surface area contributed by atoms with Gasteiger partial charge in [0.25, 0.3) is 0 Å². The van der Waals surface area contributed by atoms with Crippen LogP contribution in [0.4, 0.5) is 0 Å². The van der Waals surface area contributed by atoms with Crippen LogP contribution in [0.5, 0.6) is 0 Å². The van der Waals surface area contributed by atoms with Crippen LogP contribution < -0.4 is 0 Å². The molecule has 0 aliphatic rings. The van der Waals surface area contributed by atoms with Gasteiger partial charge in [0.1, 0.15) is 12.6 Å². The highest BCUT2D eigenvalue weighted by Gasteiger charge is 2.25. The van der Waals surface area contributed by atoms with Gasteiger partial charge in [-0.1, -0.05) is 45.4 Å². The summed E-state index contributed by atoms with van der Waals surface area (Å²) < 4.78 is 17.2. The number of likely N-dealkylation sites (N-methyl/N-ethyl adjacent to an activating group) is 1. The molecule has 0 amide bonds. The van der Waals surface area contributed by atoms with Crippen LogP contribution in [0.2, 0.25) is 0 Å². The Morgan fingerprint density at radius 1 is 1.00 bits per heavy atom. The fraction of sp³-hybridized carbons (Fsp3) is 0.952. The Morgan fingerprint density at radius 3 is 2.17 bits per heavy atom. The molecule has 3 unspecified atom stereocenters. The molecule has 0 aromatic heterocycles. The number of nitrogens with zero attached hydrogens (tertiary/aromatic N) is 1. The van der Waals surface area contributed by atoms with Gasteiger partial charge in [-0.3, -0.25) is 4.79 Å². The van der Waals surface area contributed by atoms with Gasteiger partial charge >= 0.3 is 14.6 Å². The van der Waals surface area contributed by atoms with E-state index in [1.54, 1.807) is 0 Å². The largest absolute Gasteiger partial charge is 0.870 e. The van der Waals surface area contributed by atoms with E-state index < -0.39 is 20.7 Å². The molecule has 0 aromatic rings. The molecular formula is C21H46NO7P. The summed E-state index contributed by atoms with van der Waals surface area (Å²) in [7, 11) is 3.82. The van der Waals surface area contributed by atoms with Crippen LogP contribution in [0.25, 0.3) is 0 Å². The summed E-state index contributed by atoms with van der Waals surface area (Å²) in [5.74, 6) is -0.940. The van der Waals surface area contributed by atoms with E-state index in [1.807, 2.05) is 21.1 Å². The quantitative estimate of drug-likeness (QED) is 0.157. The molecule has 0 spiro atoms. The zero-order chi connectivity index (χ0) is 22.1. The second-order valence-corrected chi connectivity index (χ2v) is 9.76. The maximum Gasteiger partial charge on any atom is 0.330 e. The Balaban J connectivity index is 0. The zero-order valence-electron chi connectivity index (χ0n) is 19.7. The van der Waals surface area contributed by atoms with Crippen molar-refractivity contribution in [1.82, 2.24) is 0 Å². The molecule has 0 rings (SSSR count). The summed E-state index contributed by atoms with van der Waals surface area (Å²) in [5, 5.41) is 9.00. The van der Waals surface area contributed by atoms with Crippen molar-refractivity contribution in [3.63, 3.8) is 0 Å². The van der Waals surface area contributed by atoms with Crippen LogP contribution in [0.1, 0.15) is 78.1 Å². The number of hydrogen-bond donors (Lipinski definition) is 2. The molecule has 0 heterocycles. The fourth-order valence-corrected chi connectivity index (χ4v) is 3.77. The maximum atomic E-state index is 11.0. The van der Waals surface area contributed by atoms with E-state index in [9.17, 15) is 9.69 Å². The van der Waals surface area contributed by atoms with Crippen molar-refractivity contribution in [3.05, 3.63) is 0 Å². The van der Waals surface area contributed by atoms with E-state index in [1.165, 1.54) is 25.7 Å². The molecule has 8 nitrogen and oxygen atoms in total.